The summed E-state index contributed by atoms with van der Waals surface area (Å²) < 4.78 is 0. The van der Waals surface area contributed by atoms with Crippen LogP contribution in [0.1, 0.15) is 90.9 Å². The van der Waals surface area contributed by atoms with Gasteiger partial charge in [-0.1, -0.05) is 58.1 Å². The Hall–Kier alpha value is -0.770. The number of nitriles is 1. The van der Waals surface area contributed by atoms with Crippen molar-refractivity contribution in [3.05, 3.63) is 12.2 Å². The lowest BCUT2D eigenvalue weighted by Crippen LogP contribution is -2.30. The third-order valence-corrected chi connectivity index (χ3v) is 6.29. The maximum atomic E-state index is 9.63. The van der Waals surface area contributed by atoms with Crippen LogP contribution in [0.2, 0.25) is 0 Å². The summed E-state index contributed by atoms with van der Waals surface area (Å²) >= 11 is 0. The van der Waals surface area contributed by atoms with Crippen LogP contribution >= 0.6 is 0 Å². The van der Waals surface area contributed by atoms with E-state index < -0.39 is 0 Å². The van der Waals surface area contributed by atoms with Crippen LogP contribution in [-0.2, 0) is 0 Å². The summed E-state index contributed by atoms with van der Waals surface area (Å²) in [4.78, 5) is 0. The summed E-state index contributed by atoms with van der Waals surface area (Å²) in [6.07, 6.45) is 20.2. The smallest absolute Gasteiger partial charge is 0.0753 e. The monoisotopic (exact) mass is 301 g/mol. The van der Waals surface area contributed by atoms with E-state index >= 15 is 0 Å². The fourth-order valence-electron chi connectivity index (χ4n) is 4.77. The Bertz CT molecular complexity index is 373. The molecule has 0 aromatic rings. The summed E-state index contributed by atoms with van der Waals surface area (Å²) in [5.74, 6) is 2.88. The van der Waals surface area contributed by atoms with Crippen molar-refractivity contribution in [2.24, 2.45) is 23.2 Å². The molecule has 124 valence electrons. The molecule has 0 aliphatic heterocycles. The first kappa shape index (κ1) is 17.6. The van der Waals surface area contributed by atoms with Gasteiger partial charge in [0, 0.05) is 0 Å². The molecule has 2 saturated carbocycles. The highest BCUT2D eigenvalue weighted by molar-refractivity contribution is 5.14. The molecule has 0 saturated heterocycles. The van der Waals surface area contributed by atoms with Crippen molar-refractivity contribution in [1.29, 1.82) is 5.26 Å². The molecule has 22 heavy (non-hydrogen) atoms. The lowest BCUT2D eigenvalue weighted by molar-refractivity contribution is 0.137. The first-order valence-corrected chi connectivity index (χ1v) is 9.82. The van der Waals surface area contributed by atoms with E-state index in [4.69, 9.17) is 0 Å². The van der Waals surface area contributed by atoms with Crippen LogP contribution in [0.15, 0.2) is 12.2 Å². The van der Waals surface area contributed by atoms with Crippen molar-refractivity contribution in [1.82, 2.24) is 0 Å². The maximum Gasteiger partial charge on any atom is 0.0753 e. The zero-order chi connectivity index (χ0) is 15.8. The Labute approximate surface area is 138 Å². The van der Waals surface area contributed by atoms with Gasteiger partial charge in [-0.05, 0) is 62.7 Å². The van der Waals surface area contributed by atoms with E-state index in [9.17, 15) is 5.26 Å². The minimum absolute atomic E-state index is 0.134. The molecule has 0 amide bonds. The van der Waals surface area contributed by atoms with Crippen LogP contribution in [0.4, 0.5) is 0 Å². The zero-order valence-electron chi connectivity index (χ0n) is 14.8. The zero-order valence-corrected chi connectivity index (χ0v) is 14.8. The summed E-state index contributed by atoms with van der Waals surface area (Å²) in [7, 11) is 0. The van der Waals surface area contributed by atoms with E-state index in [1.165, 1.54) is 57.8 Å². The molecule has 2 fully saturated rings. The first-order chi connectivity index (χ1) is 10.7. The van der Waals surface area contributed by atoms with E-state index in [1.807, 2.05) is 0 Å². The molecule has 0 aromatic heterocycles. The molecular formula is C21H35N. The summed E-state index contributed by atoms with van der Waals surface area (Å²) in [5.41, 5.74) is -0.134. The van der Waals surface area contributed by atoms with Crippen molar-refractivity contribution >= 4 is 0 Å². The normalized spacial score (nSPS) is 36.3. The van der Waals surface area contributed by atoms with Gasteiger partial charge in [-0.25, -0.2) is 0 Å². The fraction of sp³-hybridized carbons (Fsp3) is 0.857. The molecule has 1 heteroatoms. The molecule has 1 nitrogen and oxygen atoms in total. The Morgan fingerprint density at radius 3 is 2.14 bits per heavy atom. The predicted molar refractivity (Wildman–Crippen MR) is 94.4 cm³/mol. The van der Waals surface area contributed by atoms with Gasteiger partial charge in [0.1, 0.15) is 0 Å². The maximum absolute atomic E-state index is 9.63. The van der Waals surface area contributed by atoms with Gasteiger partial charge in [0.15, 0.2) is 0 Å². The van der Waals surface area contributed by atoms with Crippen molar-refractivity contribution in [2.75, 3.05) is 0 Å². The van der Waals surface area contributed by atoms with E-state index in [-0.39, 0.29) is 5.41 Å². The van der Waals surface area contributed by atoms with Crippen LogP contribution in [0.25, 0.3) is 0 Å². The number of nitrogens with zero attached hydrogens (tertiary/aromatic N) is 1. The molecule has 0 aromatic carbocycles. The second-order valence-electron chi connectivity index (χ2n) is 7.87. The topological polar surface area (TPSA) is 23.8 Å². The minimum atomic E-state index is -0.134. The van der Waals surface area contributed by atoms with Crippen molar-refractivity contribution in [3.63, 3.8) is 0 Å². The second-order valence-corrected chi connectivity index (χ2v) is 7.87. The molecule has 0 atom stereocenters. The van der Waals surface area contributed by atoms with Gasteiger partial charge in [-0.3, -0.25) is 0 Å². The second kappa shape index (κ2) is 8.76. The standard InChI is InChI=1S/C21H35N/c1-3-5-6-14-21(17-22)15-12-20(13-16-21)19-10-8-18(7-4-2)9-11-19/h6,14,18-20H,3-5,7-13,15-16H2,1-2H3/b14-6-. The molecule has 0 radical (unpaired) electrons. The molecule has 2 rings (SSSR count). The Kier molecular flexibility index (Phi) is 7.00. The van der Waals surface area contributed by atoms with E-state index in [0.29, 0.717) is 0 Å². The molecule has 0 spiro atoms. The van der Waals surface area contributed by atoms with Gasteiger partial charge in [-0.15, -0.1) is 0 Å². The Morgan fingerprint density at radius 2 is 1.59 bits per heavy atom. The van der Waals surface area contributed by atoms with Gasteiger partial charge in [-0.2, -0.15) is 5.26 Å². The molecule has 0 N–H and O–H groups in total. The third kappa shape index (κ3) is 4.61. The van der Waals surface area contributed by atoms with Crippen LogP contribution in [0.3, 0.4) is 0 Å². The SMILES string of the molecule is CCC/C=C\C1(C#N)CCC(C2CCC(CCC)CC2)CC1. The van der Waals surface area contributed by atoms with Crippen molar-refractivity contribution < 1.29 is 0 Å². The van der Waals surface area contributed by atoms with Crippen LogP contribution < -0.4 is 0 Å². The van der Waals surface area contributed by atoms with Gasteiger partial charge in [0.05, 0.1) is 11.5 Å². The highest BCUT2D eigenvalue weighted by atomic mass is 14.4. The first-order valence-electron chi connectivity index (χ1n) is 9.82. The molecule has 0 bridgehead atoms. The molecule has 2 aliphatic rings. The number of hydrogen-bond donors (Lipinski definition) is 0. The van der Waals surface area contributed by atoms with Gasteiger partial charge in [0.25, 0.3) is 0 Å². The quantitative estimate of drug-likeness (QED) is 0.504. The van der Waals surface area contributed by atoms with Crippen molar-refractivity contribution in [3.8, 4) is 6.07 Å². The summed E-state index contributed by atoms with van der Waals surface area (Å²) in [6, 6.07) is 2.64. The summed E-state index contributed by atoms with van der Waals surface area (Å²) in [6.45, 7) is 4.52. The average Bonchev–Trinajstić information content (AvgIpc) is 2.57. The lowest BCUT2D eigenvalue weighted by Gasteiger charge is -2.39. The van der Waals surface area contributed by atoms with Crippen LogP contribution in [0.5, 0.6) is 0 Å². The number of allylic oxidation sites excluding steroid dienone is 2. The molecule has 2 aliphatic carbocycles. The van der Waals surface area contributed by atoms with Gasteiger partial charge < -0.3 is 0 Å². The predicted octanol–water partition coefficient (Wildman–Crippen LogP) is 6.65. The Morgan fingerprint density at radius 1 is 0.955 bits per heavy atom. The highest BCUT2D eigenvalue weighted by Crippen LogP contribution is 2.46. The minimum Gasteiger partial charge on any atom is -0.197 e. The largest absolute Gasteiger partial charge is 0.197 e. The van der Waals surface area contributed by atoms with E-state index in [1.54, 1.807) is 0 Å². The fourth-order valence-corrected chi connectivity index (χ4v) is 4.77. The Balaban J connectivity index is 1.80. The third-order valence-electron chi connectivity index (χ3n) is 6.29. The lowest BCUT2D eigenvalue weighted by atomic mass is 9.64. The van der Waals surface area contributed by atoms with E-state index in [0.717, 1.165) is 37.0 Å². The molecular weight excluding hydrogens is 266 g/mol. The molecule has 0 unspecified atom stereocenters. The van der Waals surface area contributed by atoms with Gasteiger partial charge >= 0.3 is 0 Å². The number of rotatable bonds is 6. The highest BCUT2D eigenvalue weighted by Gasteiger charge is 2.36. The summed E-state index contributed by atoms with van der Waals surface area (Å²) in [5, 5.41) is 9.63. The van der Waals surface area contributed by atoms with Crippen LogP contribution in [-0.4, -0.2) is 0 Å². The molecule has 0 heterocycles. The number of unbranched alkanes of at least 4 members (excludes halogenated alkanes) is 1. The van der Waals surface area contributed by atoms with Crippen molar-refractivity contribution in [2.45, 2.75) is 90.9 Å². The van der Waals surface area contributed by atoms with Gasteiger partial charge in [0.2, 0.25) is 0 Å². The van der Waals surface area contributed by atoms with E-state index in [2.05, 4.69) is 32.1 Å². The number of hydrogen-bond acceptors (Lipinski definition) is 1. The average molecular weight is 302 g/mol. The van der Waals surface area contributed by atoms with Crippen LogP contribution in [0, 0.1) is 34.5 Å².